The maximum atomic E-state index is 6.73. The van der Waals surface area contributed by atoms with Crippen molar-refractivity contribution < 1.29 is 25.8 Å². The second-order valence-corrected chi connectivity index (χ2v) is 18.8. The number of hydrogen-bond donors (Lipinski definition) is 0. The van der Waals surface area contributed by atoms with Gasteiger partial charge in [0.05, 0.1) is 33.7 Å². The van der Waals surface area contributed by atoms with Gasteiger partial charge >= 0.3 is 21.1 Å². The summed E-state index contributed by atoms with van der Waals surface area (Å²) in [6.07, 6.45) is 0. The Morgan fingerprint density at radius 2 is 0.721 bits per heavy atom. The molecule has 8 aromatic carbocycles. The van der Waals surface area contributed by atoms with Gasteiger partial charge in [-0.15, -0.1) is 47.5 Å². The fourth-order valence-electron chi connectivity index (χ4n) is 9.49. The Hall–Kier alpha value is -6.81. The van der Waals surface area contributed by atoms with Crippen LogP contribution < -0.4 is 4.74 Å². The molecule has 68 heavy (non-hydrogen) atoms. The van der Waals surface area contributed by atoms with Gasteiger partial charge in [0.1, 0.15) is 0 Å². The first kappa shape index (κ1) is 46.3. The average molecular weight is 1070 g/mol. The van der Waals surface area contributed by atoms with Gasteiger partial charge in [0.15, 0.2) is 0 Å². The van der Waals surface area contributed by atoms with Crippen molar-refractivity contribution in [2.24, 2.45) is 0 Å². The van der Waals surface area contributed by atoms with Gasteiger partial charge in [-0.05, 0) is 117 Å². The van der Waals surface area contributed by atoms with Gasteiger partial charge in [0.2, 0.25) is 0 Å². The van der Waals surface area contributed by atoms with Crippen LogP contribution in [0.5, 0.6) is 11.5 Å². The molecule has 0 aliphatic carbocycles. The van der Waals surface area contributed by atoms with Crippen molar-refractivity contribution in [1.82, 2.24) is 19.1 Å². The number of imidazole rings is 2. The summed E-state index contributed by atoms with van der Waals surface area (Å²) >= 11 is 0. The van der Waals surface area contributed by atoms with Crippen molar-refractivity contribution in [3.8, 4) is 67.9 Å². The van der Waals surface area contributed by atoms with E-state index in [2.05, 4.69) is 222 Å². The molecule has 5 nitrogen and oxygen atoms in total. The largest absolute Gasteiger partial charge is 2.00 e. The zero-order chi connectivity index (χ0) is 46.3. The average Bonchev–Trinajstić information content (AvgIpc) is 3.93. The molecule has 0 saturated heterocycles. The number of hydrogen-bond acceptors (Lipinski definition) is 3. The molecular weight excluding hydrogens is 1010 g/mol. The van der Waals surface area contributed by atoms with Crippen LogP contribution in [0.3, 0.4) is 0 Å². The van der Waals surface area contributed by atoms with Crippen molar-refractivity contribution in [3.05, 3.63) is 204 Å². The van der Waals surface area contributed by atoms with Crippen LogP contribution in [0.4, 0.5) is 0 Å². The van der Waals surface area contributed by atoms with Crippen LogP contribution in [0.15, 0.2) is 170 Å². The van der Waals surface area contributed by atoms with E-state index < -0.39 is 0 Å². The fraction of sp³-hybridized carbons (Fsp3) is 0.194. The molecule has 0 aliphatic heterocycles. The molecule has 0 bridgehead atoms. The van der Waals surface area contributed by atoms with Crippen LogP contribution in [-0.2, 0) is 21.1 Å². The first-order valence-electron chi connectivity index (χ1n) is 23.7. The molecule has 0 aliphatic rings. The Kier molecular flexibility index (Phi) is 13.2. The van der Waals surface area contributed by atoms with Crippen LogP contribution in [0.25, 0.3) is 78.5 Å². The minimum atomic E-state index is 0. The van der Waals surface area contributed by atoms with E-state index in [0.717, 1.165) is 44.8 Å². The van der Waals surface area contributed by atoms with Crippen molar-refractivity contribution in [2.75, 3.05) is 0 Å². The summed E-state index contributed by atoms with van der Waals surface area (Å²) in [6.45, 7) is 18.3. The Bertz CT molecular complexity index is 3110. The minimum absolute atomic E-state index is 0. The second kappa shape index (κ2) is 19.4. The van der Waals surface area contributed by atoms with Crippen LogP contribution >= 0.6 is 0 Å². The van der Waals surface area contributed by atoms with Crippen LogP contribution in [0.2, 0.25) is 0 Å². The van der Waals surface area contributed by atoms with Gasteiger partial charge in [0, 0.05) is 22.9 Å². The maximum absolute atomic E-state index is 6.73. The second-order valence-electron chi connectivity index (χ2n) is 18.8. The Balaban J connectivity index is 0.00000578. The monoisotopic (exact) mass is 1070 g/mol. The van der Waals surface area contributed by atoms with Crippen molar-refractivity contribution >= 4 is 22.1 Å². The molecule has 340 valence electrons. The standard InChI is InChI=1S/C62H56N4O.Pt/c1-39(2)51-35-47(43-21-11-9-12-22-43)36-52(40(3)4)59(51)65-57-31-17-15-29-55(57)63-61(65)45-25-19-27-49(33-45)67-50-28-20-26-46(34-50)62-64-56-30-16-18-32-58(56)66(62)60-53(41(5)6)37-48(38-54(60)42(7)8)44-23-13-10-14-24-44;/h9-32,35-42H,1-8H3;/q-2;+2. The van der Waals surface area contributed by atoms with Crippen molar-refractivity contribution in [1.29, 1.82) is 0 Å². The summed E-state index contributed by atoms with van der Waals surface area (Å²) in [5.41, 5.74) is 17.9. The predicted octanol–water partition coefficient (Wildman–Crippen LogP) is 16.9. The van der Waals surface area contributed by atoms with E-state index in [1.807, 2.05) is 24.3 Å². The number of ether oxygens (including phenoxy) is 1. The predicted molar refractivity (Wildman–Crippen MR) is 278 cm³/mol. The molecule has 0 N–H and O–H groups in total. The van der Waals surface area contributed by atoms with Crippen LogP contribution in [0.1, 0.15) is 101 Å². The number of nitrogens with zero attached hydrogens (tertiary/aromatic N) is 4. The number of rotatable bonds is 12. The van der Waals surface area contributed by atoms with E-state index in [9.17, 15) is 0 Å². The third kappa shape index (κ3) is 8.77. The van der Waals surface area contributed by atoms with E-state index in [0.29, 0.717) is 11.5 Å². The van der Waals surface area contributed by atoms with Crippen LogP contribution in [0, 0.1) is 12.1 Å². The smallest absolute Gasteiger partial charge is 0.497 e. The first-order chi connectivity index (χ1) is 32.5. The molecule has 0 amide bonds. The fourth-order valence-corrected chi connectivity index (χ4v) is 9.49. The van der Waals surface area contributed by atoms with Crippen molar-refractivity contribution in [3.63, 3.8) is 0 Å². The summed E-state index contributed by atoms with van der Waals surface area (Å²) in [5, 5.41) is 0. The van der Waals surface area contributed by atoms with Gasteiger partial charge in [-0.1, -0.05) is 152 Å². The zero-order valence-corrected chi connectivity index (χ0v) is 42.3. The summed E-state index contributed by atoms with van der Waals surface area (Å²) in [5.74, 6) is 3.79. The number of para-hydroxylation sites is 4. The zero-order valence-electron chi connectivity index (χ0n) is 40.0. The summed E-state index contributed by atoms with van der Waals surface area (Å²) in [4.78, 5) is 10.6. The molecule has 2 heterocycles. The minimum Gasteiger partial charge on any atom is -0.497 e. The van der Waals surface area contributed by atoms with Crippen molar-refractivity contribution in [2.45, 2.75) is 79.1 Å². The molecule has 0 saturated carbocycles. The quantitative estimate of drug-likeness (QED) is 0.115. The number of fused-ring (bicyclic) bond motifs is 2. The molecule has 0 radical (unpaired) electrons. The Morgan fingerprint density at radius 3 is 1.07 bits per heavy atom. The third-order valence-electron chi connectivity index (χ3n) is 12.8. The summed E-state index contributed by atoms with van der Waals surface area (Å²) in [6, 6.07) is 67.1. The molecule has 6 heteroatoms. The molecule has 0 atom stereocenters. The molecule has 2 aromatic heterocycles. The Labute approximate surface area is 415 Å². The first-order valence-corrected chi connectivity index (χ1v) is 23.7. The van der Waals surface area contributed by atoms with E-state index >= 15 is 0 Å². The van der Waals surface area contributed by atoms with E-state index in [4.69, 9.17) is 14.7 Å². The van der Waals surface area contributed by atoms with Crippen LogP contribution in [-0.4, -0.2) is 19.1 Å². The summed E-state index contributed by atoms with van der Waals surface area (Å²) in [7, 11) is 0. The topological polar surface area (TPSA) is 44.9 Å². The molecule has 0 fully saturated rings. The number of benzene rings is 8. The van der Waals surface area contributed by atoms with E-state index in [1.54, 1.807) is 0 Å². The molecule has 10 rings (SSSR count). The molecule has 0 unspecified atom stereocenters. The summed E-state index contributed by atoms with van der Waals surface area (Å²) < 4.78 is 11.4. The van der Waals surface area contributed by atoms with Gasteiger partial charge < -0.3 is 13.9 Å². The maximum Gasteiger partial charge on any atom is 2.00 e. The van der Waals surface area contributed by atoms with Gasteiger partial charge in [0.25, 0.3) is 0 Å². The van der Waals surface area contributed by atoms with E-state index in [1.165, 1.54) is 55.9 Å². The van der Waals surface area contributed by atoms with Gasteiger partial charge in [-0.3, -0.25) is 9.97 Å². The van der Waals surface area contributed by atoms with E-state index in [-0.39, 0.29) is 44.7 Å². The van der Waals surface area contributed by atoms with Gasteiger partial charge in [-0.2, -0.15) is 0 Å². The Morgan fingerprint density at radius 1 is 0.382 bits per heavy atom. The van der Waals surface area contributed by atoms with Gasteiger partial charge in [-0.25, -0.2) is 0 Å². The normalized spacial score (nSPS) is 11.6. The SMILES string of the molecule is CC(C)c1cc(-c2ccccc2)cc(C(C)C)c1-n1c(-c2[c-]c(Oc3[c-]c(-c4nc5ccccc5n4-c4c(C(C)C)cc(-c5ccccc5)cc4C(C)C)ccc3)ccc2)nc2ccccc21.[Pt+2]. The molecule has 10 aromatic rings. The number of aromatic nitrogens is 4. The molecule has 0 spiro atoms. The molecular formula is C62H56N4OPt. The third-order valence-corrected chi connectivity index (χ3v) is 12.8.